The number of rotatable bonds is 11. The van der Waals surface area contributed by atoms with Crippen LogP contribution in [0.25, 0.3) is 0 Å². The first-order chi connectivity index (χ1) is 12.7. The summed E-state index contributed by atoms with van der Waals surface area (Å²) in [4.78, 5) is 12.0. The summed E-state index contributed by atoms with van der Waals surface area (Å²) in [6, 6.07) is 0. The van der Waals surface area contributed by atoms with Gasteiger partial charge in [0.25, 0.3) is 0 Å². The first kappa shape index (κ1) is 20.1. The predicted molar refractivity (Wildman–Crippen MR) is 99.0 cm³/mol. The number of fused-ring (bicyclic) bond motifs is 1. The Morgan fingerprint density at radius 2 is 1.77 bits per heavy atom. The molecule has 5 unspecified atom stereocenters. The summed E-state index contributed by atoms with van der Waals surface area (Å²) in [6.45, 7) is 5.36. The molecule has 0 N–H and O–H groups in total. The maximum absolute atomic E-state index is 12.0. The van der Waals surface area contributed by atoms with Gasteiger partial charge in [0.15, 0.2) is 0 Å². The SMILES string of the molecule is CC1CC(COCCCCCCCOC(=O)C2CCC3OC3C2)CCO1. The van der Waals surface area contributed by atoms with E-state index in [0.717, 1.165) is 71.2 Å². The zero-order valence-corrected chi connectivity index (χ0v) is 16.3. The minimum absolute atomic E-state index is 0.00483. The molecule has 5 heteroatoms. The smallest absolute Gasteiger partial charge is 0.309 e. The molecule has 0 aromatic carbocycles. The lowest BCUT2D eigenvalue weighted by molar-refractivity contribution is -0.149. The molecule has 3 fully saturated rings. The van der Waals surface area contributed by atoms with E-state index in [9.17, 15) is 4.79 Å². The van der Waals surface area contributed by atoms with Crippen molar-refractivity contribution in [1.29, 1.82) is 0 Å². The zero-order valence-electron chi connectivity index (χ0n) is 16.3. The molecule has 2 heterocycles. The third kappa shape index (κ3) is 6.82. The van der Waals surface area contributed by atoms with Crippen molar-refractivity contribution in [3.63, 3.8) is 0 Å². The molecule has 0 radical (unpaired) electrons. The molecule has 0 spiro atoms. The third-order valence-electron chi connectivity index (χ3n) is 5.96. The maximum atomic E-state index is 12.0. The lowest BCUT2D eigenvalue weighted by Crippen LogP contribution is -2.26. The Kier molecular flexibility index (Phi) is 8.21. The van der Waals surface area contributed by atoms with Crippen molar-refractivity contribution in [3.8, 4) is 0 Å². The first-order valence-corrected chi connectivity index (χ1v) is 10.7. The van der Waals surface area contributed by atoms with Gasteiger partial charge in [0, 0.05) is 19.8 Å². The number of esters is 1. The molecule has 1 saturated carbocycles. The largest absolute Gasteiger partial charge is 0.465 e. The number of epoxide rings is 1. The molecule has 0 bridgehead atoms. The highest BCUT2D eigenvalue weighted by Gasteiger charge is 2.46. The fourth-order valence-corrected chi connectivity index (χ4v) is 4.24. The average Bonchev–Trinajstić information content (AvgIpc) is 3.42. The summed E-state index contributed by atoms with van der Waals surface area (Å²) in [6.07, 6.45) is 11.9. The molecular weight excluding hydrogens is 332 g/mol. The molecule has 2 aliphatic heterocycles. The highest BCUT2D eigenvalue weighted by atomic mass is 16.6. The number of unbranched alkanes of at least 4 members (excludes halogenated alkanes) is 4. The van der Waals surface area contributed by atoms with Crippen molar-refractivity contribution < 1.29 is 23.7 Å². The quantitative estimate of drug-likeness (QED) is 0.315. The van der Waals surface area contributed by atoms with E-state index in [2.05, 4.69) is 6.92 Å². The van der Waals surface area contributed by atoms with Crippen molar-refractivity contribution in [2.75, 3.05) is 26.4 Å². The van der Waals surface area contributed by atoms with Gasteiger partial charge in [-0.25, -0.2) is 0 Å². The molecule has 5 nitrogen and oxygen atoms in total. The minimum atomic E-state index is -0.00483. The van der Waals surface area contributed by atoms with Gasteiger partial charge in [-0.1, -0.05) is 19.3 Å². The first-order valence-electron chi connectivity index (χ1n) is 10.7. The molecule has 0 amide bonds. The molecule has 5 atom stereocenters. The van der Waals surface area contributed by atoms with Gasteiger partial charge < -0.3 is 18.9 Å². The maximum Gasteiger partial charge on any atom is 0.309 e. The van der Waals surface area contributed by atoms with E-state index in [0.29, 0.717) is 30.8 Å². The summed E-state index contributed by atoms with van der Waals surface area (Å²) < 4.78 is 22.3. The molecule has 0 aromatic heterocycles. The van der Waals surface area contributed by atoms with Gasteiger partial charge in [-0.2, -0.15) is 0 Å². The zero-order chi connectivity index (χ0) is 18.2. The van der Waals surface area contributed by atoms with Gasteiger partial charge >= 0.3 is 5.97 Å². The van der Waals surface area contributed by atoms with Crippen molar-refractivity contribution >= 4 is 5.97 Å². The number of ether oxygens (including phenoxy) is 4. The van der Waals surface area contributed by atoms with Crippen LogP contribution in [0.5, 0.6) is 0 Å². The summed E-state index contributed by atoms with van der Waals surface area (Å²) in [7, 11) is 0. The molecular formula is C21H36O5. The normalized spacial score (nSPS) is 33.5. The van der Waals surface area contributed by atoms with Gasteiger partial charge in [0.05, 0.1) is 30.8 Å². The van der Waals surface area contributed by atoms with E-state index in [1.807, 2.05) is 0 Å². The molecule has 3 aliphatic rings. The molecule has 150 valence electrons. The second kappa shape index (κ2) is 10.6. The monoisotopic (exact) mass is 368 g/mol. The van der Waals surface area contributed by atoms with Crippen LogP contribution in [0.15, 0.2) is 0 Å². The van der Waals surface area contributed by atoms with Crippen LogP contribution in [-0.2, 0) is 23.7 Å². The van der Waals surface area contributed by atoms with Crippen molar-refractivity contribution in [1.82, 2.24) is 0 Å². The molecule has 0 aromatic rings. The van der Waals surface area contributed by atoms with E-state index < -0.39 is 0 Å². The van der Waals surface area contributed by atoms with E-state index in [1.54, 1.807) is 0 Å². The van der Waals surface area contributed by atoms with Gasteiger partial charge in [-0.3, -0.25) is 4.79 Å². The van der Waals surface area contributed by atoms with Crippen molar-refractivity contribution in [2.24, 2.45) is 11.8 Å². The molecule has 3 rings (SSSR count). The Balaban J connectivity index is 1.08. The van der Waals surface area contributed by atoms with Gasteiger partial charge in [0.1, 0.15) is 0 Å². The van der Waals surface area contributed by atoms with Crippen molar-refractivity contribution in [2.45, 2.75) is 89.4 Å². The summed E-state index contributed by atoms with van der Waals surface area (Å²) in [5, 5.41) is 0. The minimum Gasteiger partial charge on any atom is -0.465 e. The number of hydrogen-bond donors (Lipinski definition) is 0. The number of hydrogen-bond acceptors (Lipinski definition) is 5. The standard InChI is InChI=1S/C21H36O5/c1-16-13-17(9-12-24-16)15-23-10-5-3-2-4-6-11-25-21(22)18-7-8-19-20(14-18)26-19/h16-20H,2-15H2,1H3. The van der Waals surface area contributed by atoms with Crippen LogP contribution in [0.1, 0.15) is 71.1 Å². The van der Waals surface area contributed by atoms with Crippen LogP contribution in [0.4, 0.5) is 0 Å². The molecule has 2 saturated heterocycles. The van der Waals surface area contributed by atoms with Gasteiger partial charge in [-0.05, 0) is 57.8 Å². The topological polar surface area (TPSA) is 57.3 Å². The highest BCUT2D eigenvalue weighted by Crippen LogP contribution is 2.39. The van der Waals surface area contributed by atoms with Crippen LogP contribution in [0.3, 0.4) is 0 Å². The lowest BCUT2D eigenvalue weighted by Gasteiger charge is -2.26. The predicted octanol–water partition coefficient (Wildman–Crippen LogP) is 3.88. The van der Waals surface area contributed by atoms with Gasteiger partial charge in [-0.15, -0.1) is 0 Å². The Labute approximate surface area is 158 Å². The third-order valence-corrected chi connectivity index (χ3v) is 5.96. The van der Waals surface area contributed by atoms with Crippen LogP contribution < -0.4 is 0 Å². The highest BCUT2D eigenvalue weighted by molar-refractivity contribution is 5.72. The van der Waals surface area contributed by atoms with Crippen molar-refractivity contribution in [3.05, 3.63) is 0 Å². The Morgan fingerprint density at radius 1 is 0.962 bits per heavy atom. The van der Waals surface area contributed by atoms with E-state index in [-0.39, 0.29) is 11.9 Å². The Morgan fingerprint density at radius 3 is 2.58 bits per heavy atom. The number of carbonyl (C=O) groups is 1. The summed E-state index contributed by atoms with van der Waals surface area (Å²) >= 11 is 0. The lowest BCUT2D eigenvalue weighted by atomic mass is 9.89. The Bertz CT molecular complexity index is 427. The Hall–Kier alpha value is -0.650. The second-order valence-electron chi connectivity index (χ2n) is 8.30. The van der Waals surface area contributed by atoms with Crippen LogP contribution in [-0.4, -0.2) is 50.7 Å². The van der Waals surface area contributed by atoms with Crippen LogP contribution >= 0.6 is 0 Å². The second-order valence-corrected chi connectivity index (χ2v) is 8.30. The van der Waals surface area contributed by atoms with Crippen LogP contribution in [0.2, 0.25) is 0 Å². The molecule has 26 heavy (non-hydrogen) atoms. The average molecular weight is 369 g/mol. The number of carbonyl (C=O) groups excluding carboxylic acids is 1. The summed E-state index contributed by atoms with van der Waals surface area (Å²) in [5.74, 6) is 0.749. The van der Waals surface area contributed by atoms with Crippen LogP contribution in [0, 0.1) is 11.8 Å². The van der Waals surface area contributed by atoms with E-state index in [1.165, 1.54) is 12.8 Å². The summed E-state index contributed by atoms with van der Waals surface area (Å²) in [5.41, 5.74) is 0. The fraction of sp³-hybridized carbons (Fsp3) is 0.952. The van der Waals surface area contributed by atoms with Gasteiger partial charge in [0.2, 0.25) is 0 Å². The van der Waals surface area contributed by atoms with E-state index in [4.69, 9.17) is 18.9 Å². The molecule has 1 aliphatic carbocycles. The van der Waals surface area contributed by atoms with E-state index >= 15 is 0 Å². The fourth-order valence-electron chi connectivity index (χ4n) is 4.24.